The third-order valence-corrected chi connectivity index (χ3v) is 6.30. The Hall–Kier alpha value is -2.39. The zero-order chi connectivity index (χ0) is 20.6. The van der Waals surface area contributed by atoms with Gasteiger partial charge in [0, 0.05) is 43.9 Å². The summed E-state index contributed by atoms with van der Waals surface area (Å²) in [4.78, 5) is 15.7. The molecule has 0 spiro atoms. The molecular weight excluding hydrogens is 412 g/mol. The van der Waals surface area contributed by atoms with Crippen LogP contribution >= 0.6 is 11.6 Å². The molecule has 0 bridgehead atoms. The molecule has 0 saturated carbocycles. The van der Waals surface area contributed by atoms with E-state index < -0.39 is 9.84 Å². The van der Waals surface area contributed by atoms with E-state index in [1.807, 2.05) is 29.8 Å². The van der Waals surface area contributed by atoms with Gasteiger partial charge in [0.25, 0.3) is 0 Å². The van der Waals surface area contributed by atoms with E-state index in [-0.39, 0.29) is 12.3 Å². The molecule has 29 heavy (non-hydrogen) atoms. The summed E-state index contributed by atoms with van der Waals surface area (Å²) in [5.41, 5.74) is 2.68. The van der Waals surface area contributed by atoms with Crippen molar-refractivity contribution in [2.75, 3.05) is 41.9 Å². The van der Waals surface area contributed by atoms with Gasteiger partial charge in [-0.3, -0.25) is 0 Å². The Morgan fingerprint density at radius 1 is 1.31 bits per heavy atom. The molecule has 0 radical (unpaired) electrons. The summed E-state index contributed by atoms with van der Waals surface area (Å²) >= 11 is 6.17. The molecule has 1 fully saturated rings. The number of halogens is 1. The lowest BCUT2D eigenvalue weighted by molar-refractivity contribution is 0.602. The fourth-order valence-electron chi connectivity index (χ4n) is 3.67. The second kappa shape index (κ2) is 7.79. The van der Waals surface area contributed by atoms with Gasteiger partial charge in [-0.15, -0.1) is 0 Å². The summed E-state index contributed by atoms with van der Waals surface area (Å²) in [6.45, 7) is 1.93. The average Bonchev–Trinajstić information content (AvgIpc) is 3.28. The molecule has 3 heterocycles. The Balaban J connectivity index is 1.61. The van der Waals surface area contributed by atoms with E-state index in [0.29, 0.717) is 17.5 Å². The molecule has 1 saturated heterocycles. The smallest absolute Gasteiger partial charge is 0.226 e. The number of fused-ring (bicyclic) bond motifs is 1. The molecule has 1 aromatic carbocycles. The van der Waals surface area contributed by atoms with E-state index in [1.54, 1.807) is 6.33 Å². The summed E-state index contributed by atoms with van der Waals surface area (Å²) in [5.74, 6) is 1.59. The maximum Gasteiger partial charge on any atom is 0.226 e. The third-order valence-electron chi connectivity index (χ3n) is 5.12. The fraction of sp³-hybridized carbons (Fsp3) is 0.421. The molecule has 2 aromatic heterocycles. The number of anilines is 2. The van der Waals surface area contributed by atoms with Crippen molar-refractivity contribution in [1.29, 1.82) is 0 Å². The SMILES string of the molecule is Cn1cnc2nc(NCCS(C)(=O)=O)nc(N3CCC(c4cccc(Cl)c4)C3)c21. The van der Waals surface area contributed by atoms with Gasteiger partial charge in [-0.2, -0.15) is 9.97 Å². The van der Waals surface area contributed by atoms with Crippen molar-refractivity contribution < 1.29 is 8.42 Å². The fourth-order valence-corrected chi connectivity index (χ4v) is 4.34. The Labute approximate surface area is 174 Å². The van der Waals surface area contributed by atoms with Crippen molar-refractivity contribution >= 4 is 44.4 Å². The van der Waals surface area contributed by atoms with Crippen LogP contribution in [-0.2, 0) is 16.9 Å². The van der Waals surface area contributed by atoms with Crippen molar-refractivity contribution in [3.63, 3.8) is 0 Å². The highest BCUT2D eigenvalue weighted by molar-refractivity contribution is 7.90. The van der Waals surface area contributed by atoms with Gasteiger partial charge < -0.3 is 14.8 Å². The van der Waals surface area contributed by atoms with Crippen LogP contribution in [0.15, 0.2) is 30.6 Å². The van der Waals surface area contributed by atoms with Crippen molar-refractivity contribution in [3.05, 3.63) is 41.2 Å². The van der Waals surface area contributed by atoms with Crippen LogP contribution < -0.4 is 10.2 Å². The topological polar surface area (TPSA) is 93.0 Å². The van der Waals surface area contributed by atoms with Gasteiger partial charge in [0.05, 0.1) is 12.1 Å². The minimum Gasteiger partial charge on any atom is -0.354 e. The molecule has 3 aromatic rings. The van der Waals surface area contributed by atoms with Crippen molar-refractivity contribution in [3.8, 4) is 0 Å². The van der Waals surface area contributed by atoms with Crippen molar-refractivity contribution in [2.45, 2.75) is 12.3 Å². The van der Waals surface area contributed by atoms with Gasteiger partial charge in [-0.25, -0.2) is 13.4 Å². The maximum absolute atomic E-state index is 11.4. The number of hydrogen-bond acceptors (Lipinski definition) is 7. The number of imidazole rings is 1. The zero-order valence-electron chi connectivity index (χ0n) is 16.3. The highest BCUT2D eigenvalue weighted by Gasteiger charge is 2.28. The molecule has 1 aliphatic rings. The van der Waals surface area contributed by atoms with E-state index in [9.17, 15) is 8.42 Å². The summed E-state index contributed by atoms with van der Waals surface area (Å²) in [5, 5.41) is 3.77. The minimum absolute atomic E-state index is 0.0203. The predicted octanol–water partition coefficient (Wildman–Crippen LogP) is 2.47. The lowest BCUT2D eigenvalue weighted by atomic mass is 9.99. The second-order valence-electron chi connectivity index (χ2n) is 7.44. The molecule has 0 aliphatic carbocycles. The van der Waals surface area contributed by atoms with Crippen LogP contribution in [0.5, 0.6) is 0 Å². The van der Waals surface area contributed by atoms with Gasteiger partial charge >= 0.3 is 0 Å². The van der Waals surface area contributed by atoms with Crippen molar-refractivity contribution in [1.82, 2.24) is 19.5 Å². The Morgan fingerprint density at radius 3 is 2.90 bits per heavy atom. The van der Waals surface area contributed by atoms with Crippen molar-refractivity contribution in [2.24, 2.45) is 7.05 Å². The molecule has 154 valence electrons. The molecular formula is C19H23ClN6O2S. The van der Waals surface area contributed by atoms with E-state index >= 15 is 0 Å². The largest absolute Gasteiger partial charge is 0.354 e. The molecule has 1 aliphatic heterocycles. The quantitative estimate of drug-likeness (QED) is 0.636. The number of aryl methyl sites for hydroxylation is 1. The first kappa shape index (κ1) is 19.9. The Bertz CT molecular complexity index is 1150. The van der Waals surface area contributed by atoms with Gasteiger partial charge in [-0.05, 0) is 24.1 Å². The first-order chi connectivity index (χ1) is 13.8. The van der Waals surface area contributed by atoms with E-state index in [2.05, 4.69) is 26.3 Å². The molecule has 1 N–H and O–H groups in total. The highest BCUT2D eigenvalue weighted by atomic mass is 35.5. The number of nitrogens with zero attached hydrogens (tertiary/aromatic N) is 5. The van der Waals surface area contributed by atoms with Crippen LogP contribution in [0.4, 0.5) is 11.8 Å². The summed E-state index contributed by atoms with van der Waals surface area (Å²) in [6, 6.07) is 8.00. The van der Waals surface area contributed by atoms with Crippen LogP contribution in [0.2, 0.25) is 5.02 Å². The summed E-state index contributed by atoms with van der Waals surface area (Å²) < 4.78 is 24.7. The van der Waals surface area contributed by atoms with Gasteiger partial charge in [-0.1, -0.05) is 23.7 Å². The minimum atomic E-state index is -3.06. The second-order valence-corrected chi connectivity index (χ2v) is 10.1. The van der Waals surface area contributed by atoms with Crippen LogP contribution in [0.3, 0.4) is 0 Å². The monoisotopic (exact) mass is 434 g/mol. The molecule has 8 nitrogen and oxygen atoms in total. The van der Waals surface area contributed by atoms with Crippen LogP contribution in [0, 0.1) is 0 Å². The Morgan fingerprint density at radius 2 is 2.14 bits per heavy atom. The molecule has 10 heteroatoms. The van der Waals surface area contributed by atoms with E-state index in [1.165, 1.54) is 11.8 Å². The van der Waals surface area contributed by atoms with Gasteiger partial charge in [0.2, 0.25) is 5.95 Å². The van der Waals surface area contributed by atoms with Crippen LogP contribution in [-0.4, -0.2) is 59.6 Å². The summed E-state index contributed by atoms with van der Waals surface area (Å²) in [7, 11) is -1.14. The standard InChI is InChI=1S/C19H23ClN6O2S/c1-25-12-22-17-16(25)18(24-19(23-17)21-7-9-29(2,27)28)26-8-6-14(11-26)13-4-3-5-15(20)10-13/h3-5,10,12,14H,6-9,11H2,1-2H3,(H,21,23,24). The number of benzene rings is 1. The molecule has 4 rings (SSSR count). The normalized spacial score (nSPS) is 17.2. The first-order valence-electron chi connectivity index (χ1n) is 9.41. The maximum atomic E-state index is 11.4. The van der Waals surface area contributed by atoms with Crippen LogP contribution in [0.25, 0.3) is 11.2 Å². The Kier molecular flexibility index (Phi) is 5.35. The average molecular weight is 435 g/mol. The van der Waals surface area contributed by atoms with E-state index in [0.717, 1.165) is 35.9 Å². The number of nitrogens with one attached hydrogen (secondary N) is 1. The molecule has 1 unspecified atom stereocenters. The predicted molar refractivity (Wildman–Crippen MR) is 116 cm³/mol. The zero-order valence-corrected chi connectivity index (χ0v) is 17.9. The van der Waals surface area contributed by atoms with Gasteiger partial charge in [0.1, 0.15) is 15.4 Å². The van der Waals surface area contributed by atoms with Crippen LogP contribution in [0.1, 0.15) is 17.9 Å². The molecule has 1 atom stereocenters. The summed E-state index contributed by atoms with van der Waals surface area (Å²) in [6.07, 6.45) is 3.93. The van der Waals surface area contributed by atoms with Gasteiger partial charge in [0.15, 0.2) is 11.5 Å². The third kappa shape index (κ3) is 4.45. The number of hydrogen-bond donors (Lipinski definition) is 1. The van der Waals surface area contributed by atoms with E-state index in [4.69, 9.17) is 16.6 Å². The number of sulfone groups is 1. The first-order valence-corrected chi connectivity index (χ1v) is 11.8. The number of aromatic nitrogens is 4. The molecule has 0 amide bonds. The lowest BCUT2D eigenvalue weighted by Gasteiger charge is -2.20. The number of rotatable bonds is 6. The lowest BCUT2D eigenvalue weighted by Crippen LogP contribution is -2.23. The highest BCUT2D eigenvalue weighted by Crippen LogP contribution is 2.34.